The van der Waals surface area contributed by atoms with Gasteiger partial charge in [0.05, 0.1) is 6.04 Å². The van der Waals surface area contributed by atoms with Crippen molar-refractivity contribution in [3.05, 3.63) is 59.3 Å². The molecule has 7 heteroatoms. The predicted octanol–water partition coefficient (Wildman–Crippen LogP) is 2.27. The molecule has 0 spiro atoms. The number of nitrogens with zero attached hydrogens (tertiary/aromatic N) is 4. The van der Waals surface area contributed by atoms with Crippen LogP contribution < -0.4 is 5.32 Å². The van der Waals surface area contributed by atoms with E-state index >= 15 is 0 Å². The highest BCUT2D eigenvalue weighted by atomic mass is 35.5. The maximum atomic E-state index is 12.2. The lowest BCUT2D eigenvalue weighted by Gasteiger charge is -2.12. The Bertz CT molecular complexity index is 801. The number of hydrogen-bond acceptors (Lipinski definition) is 4. The lowest BCUT2D eigenvalue weighted by molar-refractivity contribution is 0.0938. The number of rotatable bonds is 3. The van der Waals surface area contributed by atoms with Crippen molar-refractivity contribution in [2.75, 3.05) is 0 Å². The normalized spacial score (nSPS) is 12.3. The monoisotopic (exact) mass is 301 g/mol. The van der Waals surface area contributed by atoms with Crippen LogP contribution in [0.1, 0.15) is 29.1 Å². The zero-order chi connectivity index (χ0) is 14.8. The minimum Gasteiger partial charge on any atom is -0.342 e. The highest BCUT2D eigenvalue weighted by Crippen LogP contribution is 2.13. The van der Waals surface area contributed by atoms with Crippen molar-refractivity contribution in [1.29, 1.82) is 0 Å². The first-order valence-corrected chi connectivity index (χ1v) is 6.75. The maximum Gasteiger partial charge on any atom is 0.252 e. The van der Waals surface area contributed by atoms with E-state index < -0.39 is 0 Å². The van der Waals surface area contributed by atoms with Gasteiger partial charge in [0, 0.05) is 18.0 Å². The Labute approximate surface area is 125 Å². The number of carbonyl (C=O) groups excluding carboxylic acids is 1. The fourth-order valence-corrected chi connectivity index (χ4v) is 2.22. The summed E-state index contributed by atoms with van der Waals surface area (Å²) in [6.45, 7) is 1.85. The molecule has 1 N–H and O–H groups in total. The van der Waals surface area contributed by atoms with Gasteiger partial charge in [0.25, 0.3) is 5.91 Å². The number of halogens is 1. The fraction of sp³-hybridized carbons (Fsp3) is 0.143. The molecule has 0 aliphatic heterocycles. The quantitative estimate of drug-likeness (QED) is 0.753. The van der Waals surface area contributed by atoms with Crippen LogP contribution in [0.2, 0.25) is 5.15 Å². The van der Waals surface area contributed by atoms with Gasteiger partial charge in [-0.1, -0.05) is 17.7 Å². The molecular formula is C14H12ClN5O. The molecule has 0 bridgehead atoms. The SMILES string of the molecule is C[C@H](NC(=O)c1ccnc(Cl)c1)c1nnc2ccccn12. The second-order valence-electron chi connectivity index (χ2n) is 4.55. The van der Waals surface area contributed by atoms with Gasteiger partial charge in [-0.2, -0.15) is 0 Å². The van der Waals surface area contributed by atoms with Gasteiger partial charge in [0.1, 0.15) is 5.15 Å². The van der Waals surface area contributed by atoms with Crippen LogP contribution in [0.15, 0.2) is 42.7 Å². The molecule has 3 heterocycles. The summed E-state index contributed by atoms with van der Waals surface area (Å²) in [6.07, 6.45) is 3.35. The Morgan fingerprint density at radius 2 is 2.19 bits per heavy atom. The third kappa shape index (κ3) is 2.71. The number of amides is 1. The van der Waals surface area contributed by atoms with Crippen molar-refractivity contribution < 1.29 is 4.79 Å². The summed E-state index contributed by atoms with van der Waals surface area (Å²) >= 11 is 5.79. The highest BCUT2D eigenvalue weighted by Gasteiger charge is 2.16. The van der Waals surface area contributed by atoms with Crippen molar-refractivity contribution >= 4 is 23.2 Å². The van der Waals surface area contributed by atoms with E-state index in [0.29, 0.717) is 11.4 Å². The van der Waals surface area contributed by atoms with Crippen LogP contribution >= 0.6 is 11.6 Å². The number of hydrogen-bond donors (Lipinski definition) is 1. The molecule has 3 rings (SSSR count). The predicted molar refractivity (Wildman–Crippen MR) is 78.1 cm³/mol. The lowest BCUT2D eigenvalue weighted by atomic mass is 10.2. The highest BCUT2D eigenvalue weighted by molar-refractivity contribution is 6.29. The summed E-state index contributed by atoms with van der Waals surface area (Å²) in [5.74, 6) is 0.429. The standard InChI is InChI=1S/C14H12ClN5O/c1-9(13-19-18-12-4-2-3-7-20(12)13)17-14(21)10-5-6-16-11(15)8-10/h2-9H,1H3,(H,17,21)/t9-/m0/s1. The molecule has 0 aliphatic rings. The van der Waals surface area contributed by atoms with Gasteiger partial charge in [-0.25, -0.2) is 4.98 Å². The lowest BCUT2D eigenvalue weighted by Crippen LogP contribution is -2.28. The summed E-state index contributed by atoms with van der Waals surface area (Å²) in [5, 5.41) is 11.3. The van der Waals surface area contributed by atoms with E-state index in [2.05, 4.69) is 20.5 Å². The first kappa shape index (κ1) is 13.5. The van der Waals surface area contributed by atoms with Gasteiger partial charge >= 0.3 is 0 Å². The van der Waals surface area contributed by atoms with E-state index in [1.165, 1.54) is 12.3 Å². The van der Waals surface area contributed by atoms with E-state index in [0.717, 1.165) is 5.65 Å². The first-order valence-electron chi connectivity index (χ1n) is 6.37. The Hall–Kier alpha value is -2.47. The molecule has 0 radical (unpaired) electrons. The summed E-state index contributed by atoms with van der Waals surface area (Å²) in [6, 6.07) is 8.46. The van der Waals surface area contributed by atoms with Crippen molar-refractivity contribution in [2.45, 2.75) is 13.0 Å². The summed E-state index contributed by atoms with van der Waals surface area (Å²) in [7, 11) is 0. The number of pyridine rings is 2. The van der Waals surface area contributed by atoms with Gasteiger partial charge in [-0.05, 0) is 31.2 Å². The number of aromatic nitrogens is 4. The average Bonchev–Trinajstić information content (AvgIpc) is 2.91. The maximum absolute atomic E-state index is 12.2. The molecule has 0 aliphatic carbocycles. The number of carbonyl (C=O) groups is 1. The molecule has 21 heavy (non-hydrogen) atoms. The smallest absolute Gasteiger partial charge is 0.252 e. The van der Waals surface area contributed by atoms with Crippen molar-refractivity contribution in [3.8, 4) is 0 Å². The second kappa shape index (κ2) is 5.49. The van der Waals surface area contributed by atoms with Crippen molar-refractivity contribution in [1.82, 2.24) is 24.9 Å². The Balaban J connectivity index is 1.83. The second-order valence-corrected chi connectivity index (χ2v) is 4.94. The molecule has 1 amide bonds. The van der Waals surface area contributed by atoms with E-state index in [9.17, 15) is 4.79 Å². The third-order valence-electron chi connectivity index (χ3n) is 3.06. The minimum atomic E-state index is -0.290. The summed E-state index contributed by atoms with van der Waals surface area (Å²) in [5.41, 5.74) is 1.19. The van der Waals surface area contributed by atoms with Gasteiger partial charge in [-0.15, -0.1) is 10.2 Å². The largest absolute Gasteiger partial charge is 0.342 e. The fourth-order valence-electron chi connectivity index (χ4n) is 2.04. The van der Waals surface area contributed by atoms with Crippen LogP contribution in [-0.4, -0.2) is 25.5 Å². The molecule has 1 atom stereocenters. The van der Waals surface area contributed by atoms with Crippen LogP contribution in [0.4, 0.5) is 0 Å². The minimum absolute atomic E-state index is 0.237. The van der Waals surface area contributed by atoms with Crippen LogP contribution in [0.5, 0.6) is 0 Å². The molecule has 0 unspecified atom stereocenters. The van der Waals surface area contributed by atoms with E-state index in [-0.39, 0.29) is 17.1 Å². The van der Waals surface area contributed by atoms with Gasteiger partial charge in [0.15, 0.2) is 11.5 Å². The molecule has 6 nitrogen and oxygen atoms in total. The molecule has 106 valence electrons. The Morgan fingerprint density at radius 3 is 3.00 bits per heavy atom. The molecule has 0 fully saturated rings. The molecule has 0 saturated heterocycles. The molecule has 0 saturated carbocycles. The number of nitrogens with one attached hydrogen (secondary N) is 1. The number of fused-ring (bicyclic) bond motifs is 1. The van der Waals surface area contributed by atoms with Gasteiger partial charge in [-0.3, -0.25) is 9.20 Å². The van der Waals surface area contributed by atoms with Gasteiger partial charge in [0.2, 0.25) is 0 Å². The topological polar surface area (TPSA) is 72.2 Å². The van der Waals surface area contributed by atoms with Crippen molar-refractivity contribution in [2.24, 2.45) is 0 Å². The summed E-state index contributed by atoms with van der Waals surface area (Å²) in [4.78, 5) is 16.0. The molecule has 0 aromatic carbocycles. The van der Waals surface area contributed by atoms with E-state index in [1.54, 1.807) is 6.07 Å². The van der Waals surface area contributed by atoms with Gasteiger partial charge < -0.3 is 5.32 Å². The van der Waals surface area contributed by atoms with Crippen LogP contribution in [0.3, 0.4) is 0 Å². The zero-order valence-electron chi connectivity index (χ0n) is 11.2. The van der Waals surface area contributed by atoms with E-state index in [4.69, 9.17) is 11.6 Å². The summed E-state index contributed by atoms with van der Waals surface area (Å²) < 4.78 is 1.84. The average molecular weight is 302 g/mol. The molecule has 3 aromatic heterocycles. The zero-order valence-corrected chi connectivity index (χ0v) is 11.9. The first-order chi connectivity index (χ1) is 10.1. The molecular weight excluding hydrogens is 290 g/mol. The third-order valence-corrected chi connectivity index (χ3v) is 3.27. The van der Waals surface area contributed by atoms with Crippen molar-refractivity contribution in [3.63, 3.8) is 0 Å². The van der Waals surface area contributed by atoms with Crippen LogP contribution in [0, 0.1) is 0 Å². The van der Waals surface area contributed by atoms with E-state index in [1.807, 2.05) is 35.7 Å². The van der Waals surface area contributed by atoms with Crippen LogP contribution in [0.25, 0.3) is 5.65 Å². The van der Waals surface area contributed by atoms with Crippen LogP contribution in [-0.2, 0) is 0 Å². The Morgan fingerprint density at radius 1 is 1.33 bits per heavy atom. The molecule has 3 aromatic rings. The Kier molecular flexibility index (Phi) is 3.53.